The maximum atomic E-state index is 11.9. The van der Waals surface area contributed by atoms with Crippen LogP contribution in [0.3, 0.4) is 0 Å². The zero-order chi connectivity index (χ0) is 11.7. The lowest BCUT2D eigenvalue weighted by Crippen LogP contribution is -2.59. The normalized spacial score (nSPS) is 33.9. The van der Waals surface area contributed by atoms with Crippen molar-refractivity contribution in [2.24, 2.45) is 5.92 Å². The maximum absolute atomic E-state index is 11.9. The van der Waals surface area contributed by atoms with E-state index in [4.69, 9.17) is 0 Å². The first-order chi connectivity index (χ1) is 7.69. The Hall–Kier alpha value is -1.06. The van der Waals surface area contributed by atoms with E-state index in [9.17, 15) is 9.59 Å². The van der Waals surface area contributed by atoms with Gasteiger partial charge in [0.25, 0.3) is 0 Å². The van der Waals surface area contributed by atoms with Crippen LogP contribution in [-0.2, 0) is 9.59 Å². The van der Waals surface area contributed by atoms with Crippen LogP contribution in [0.5, 0.6) is 0 Å². The van der Waals surface area contributed by atoms with Gasteiger partial charge in [0.2, 0.25) is 11.8 Å². The van der Waals surface area contributed by atoms with E-state index in [1.807, 2.05) is 11.8 Å². The topological polar surface area (TPSA) is 49.4 Å². The second kappa shape index (κ2) is 4.44. The van der Waals surface area contributed by atoms with Crippen LogP contribution in [0.4, 0.5) is 0 Å². The van der Waals surface area contributed by atoms with Crippen LogP contribution in [0.1, 0.15) is 39.5 Å². The van der Waals surface area contributed by atoms with Crippen molar-refractivity contribution in [3.05, 3.63) is 0 Å². The van der Waals surface area contributed by atoms with E-state index in [2.05, 4.69) is 12.2 Å². The number of carbonyl (C=O) groups is 2. The van der Waals surface area contributed by atoms with Gasteiger partial charge < -0.3 is 10.2 Å². The lowest BCUT2D eigenvalue weighted by atomic mass is 10.1. The highest BCUT2D eigenvalue weighted by Gasteiger charge is 2.48. The number of amides is 2. The van der Waals surface area contributed by atoms with E-state index in [-0.39, 0.29) is 24.4 Å². The summed E-state index contributed by atoms with van der Waals surface area (Å²) in [5.74, 6) is 0.744. The Kier molecular flexibility index (Phi) is 3.17. The summed E-state index contributed by atoms with van der Waals surface area (Å²) in [4.78, 5) is 25.4. The van der Waals surface area contributed by atoms with E-state index < -0.39 is 0 Å². The van der Waals surface area contributed by atoms with Crippen molar-refractivity contribution in [1.82, 2.24) is 10.2 Å². The lowest BCUT2D eigenvalue weighted by molar-refractivity contribution is -0.146. The Balaban J connectivity index is 2.05. The van der Waals surface area contributed by atoms with E-state index in [1.54, 1.807) is 0 Å². The molecule has 1 saturated heterocycles. The van der Waals surface area contributed by atoms with Gasteiger partial charge in [-0.05, 0) is 25.2 Å². The molecule has 2 fully saturated rings. The number of hydrogen-bond donors (Lipinski definition) is 1. The third-order valence-electron chi connectivity index (χ3n) is 3.63. The molecule has 1 aliphatic heterocycles. The molecule has 0 radical (unpaired) electrons. The summed E-state index contributed by atoms with van der Waals surface area (Å²) < 4.78 is 0. The van der Waals surface area contributed by atoms with E-state index in [0.717, 1.165) is 12.8 Å². The van der Waals surface area contributed by atoms with Gasteiger partial charge in [-0.1, -0.05) is 20.3 Å². The molecule has 1 aliphatic carbocycles. The fourth-order valence-electron chi connectivity index (χ4n) is 2.72. The molecule has 0 bridgehead atoms. The molecule has 1 heterocycles. The zero-order valence-corrected chi connectivity index (χ0v) is 10.0. The molecular formula is C12H20N2O2. The molecule has 0 aromatic carbocycles. The second-order valence-electron chi connectivity index (χ2n) is 4.79. The third-order valence-corrected chi connectivity index (χ3v) is 3.63. The largest absolute Gasteiger partial charge is 0.345 e. The van der Waals surface area contributed by atoms with Crippen LogP contribution in [0.25, 0.3) is 0 Å². The molecule has 2 rings (SSSR count). The summed E-state index contributed by atoms with van der Waals surface area (Å²) in [6, 6.07) is 0.108. The van der Waals surface area contributed by atoms with Crippen LogP contribution in [0.2, 0.25) is 0 Å². The van der Waals surface area contributed by atoms with E-state index in [1.165, 1.54) is 6.42 Å². The number of hydrogen-bond acceptors (Lipinski definition) is 2. The van der Waals surface area contributed by atoms with Gasteiger partial charge in [0.1, 0.15) is 6.04 Å². The Bertz CT molecular complexity index is 303. The first-order valence-corrected chi connectivity index (χ1v) is 6.27. The van der Waals surface area contributed by atoms with Crippen LogP contribution < -0.4 is 5.32 Å². The van der Waals surface area contributed by atoms with Crippen molar-refractivity contribution in [1.29, 1.82) is 0 Å². The highest BCUT2D eigenvalue weighted by Crippen LogP contribution is 2.41. The summed E-state index contributed by atoms with van der Waals surface area (Å²) in [5.41, 5.74) is 0. The lowest BCUT2D eigenvalue weighted by Gasteiger charge is -2.35. The smallest absolute Gasteiger partial charge is 0.243 e. The number of piperazine rings is 1. The molecule has 1 N–H and O–H groups in total. The van der Waals surface area contributed by atoms with Crippen molar-refractivity contribution in [3.8, 4) is 0 Å². The Morgan fingerprint density at radius 3 is 2.75 bits per heavy atom. The number of rotatable bonds is 4. The molecular weight excluding hydrogens is 204 g/mol. The zero-order valence-electron chi connectivity index (χ0n) is 10.0. The maximum Gasteiger partial charge on any atom is 0.243 e. The molecule has 0 spiro atoms. The van der Waals surface area contributed by atoms with Crippen molar-refractivity contribution < 1.29 is 9.59 Å². The van der Waals surface area contributed by atoms with Gasteiger partial charge in [-0.3, -0.25) is 9.59 Å². The van der Waals surface area contributed by atoms with Gasteiger partial charge in [-0.15, -0.1) is 0 Å². The van der Waals surface area contributed by atoms with Crippen LogP contribution in [0.15, 0.2) is 0 Å². The highest BCUT2D eigenvalue weighted by molar-refractivity contribution is 5.95. The van der Waals surface area contributed by atoms with Crippen LogP contribution in [-0.4, -0.2) is 35.3 Å². The second-order valence-corrected chi connectivity index (χ2v) is 4.79. The molecule has 4 heteroatoms. The third kappa shape index (κ3) is 1.93. The molecule has 4 nitrogen and oxygen atoms in total. The van der Waals surface area contributed by atoms with Crippen molar-refractivity contribution in [2.75, 3.05) is 6.54 Å². The van der Waals surface area contributed by atoms with Gasteiger partial charge in [0, 0.05) is 6.04 Å². The minimum atomic E-state index is -0.229. The Morgan fingerprint density at radius 2 is 2.12 bits per heavy atom. The van der Waals surface area contributed by atoms with Crippen molar-refractivity contribution in [3.63, 3.8) is 0 Å². The monoisotopic (exact) mass is 224 g/mol. The molecule has 90 valence electrons. The van der Waals surface area contributed by atoms with Crippen LogP contribution in [0, 0.1) is 5.92 Å². The Labute approximate surface area is 96.4 Å². The van der Waals surface area contributed by atoms with Crippen molar-refractivity contribution >= 4 is 11.8 Å². The minimum Gasteiger partial charge on any atom is -0.345 e. The standard InChI is InChI=1S/C12H20N2O2/c1-3-5-8-6-10(8)14-9(4-2)12(16)13-7-11(14)15/h8-10H,3-7H2,1-2H3,(H,13,16). The fourth-order valence-corrected chi connectivity index (χ4v) is 2.72. The molecule has 3 atom stereocenters. The molecule has 3 unspecified atom stereocenters. The van der Waals surface area contributed by atoms with Gasteiger partial charge in [0.15, 0.2) is 0 Å². The number of nitrogens with zero attached hydrogens (tertiary/aromatic N) is 1. The predicted molar refractivity (Wildman–Crippen MR) is 60.7 cm³/mol. The molecule has 1 saturated carbocycles. The molecule has 16 heavy (non-hydrogen) atoms. The first-order valence-electron chi connectivity index (χ1n) is 6.27. The molecule has 2 aliphatic rings. The Morgan fingerprint density at radius 1 is 1.38 bits per heavy atom. The SMILES string of the molecule is CCCC1CC1N1C(=O)CNC(=O)C1CC. The summed E-state index contributed by atoms with van der Waals surface area (Å²) in [6.45, 7) is 4.31. The molecule has 2 amide bonds. The summed E-state index contributed by atoms with van der Waals surface area (Å²) in [6.07, 6.45) is 4.13. The summed E-state index contributed by atoms with van der Waals surface area (Å²) in [7, 11) is 0. The van der Waals surface area contributed by atoms with E-state index >= 15 is 0 Å². The van der Waals surface area contributed by atoms with Crippen molar-refractivity contribution in [2.45, 2.75) is 51.6 Å². The quantitative estimate of drug-likeness (QED) is 0.771. The number of carbonyl (C=O) groups excluding carboxylic acids is 2. The minimum absolute atomic E-state index is 0.0178. The number of nitrogens with one attached hydrogen (secondary N) is 1. The molecule has 0 aromatic heterocycles. The van der Waals surface area contributed by atoms with Gasteiger partial charge in [-0.25, -0.2) is 0 Å². The summed E-state index contributed by atoms with van der Waals surface area (Å²) >= 11 is 0. The molecule has 0 aromatic rings. The van der Waals surface area contributed by atoms with Crippen LogP contribution >= 0.6 is 0 Å². The highest BCUT2D eigenvalue weighted by atomic mass is 16.2. The average molecular weight is 224 g/mol. The van der Waals surface area contributed by atoms with Gasteiger partial charge in [-0.2, -0.15) is 0 Å². The first kappa shape index (κ1) is 11.4. The predicted octanol–water partition coefficient (Wildman–Crippen LogP) is 0.912. The van der Waals surface area contributed by atoms with E-state index in [0.29, 0.717) is 18.4 Å². The van der Waals surface area contributed by atoms with Gasteiger partial charge >= 0.3 is 0 Å². The fraction of sp³-hybridized carbons (Fsp3) is 0.833. The average Bonchev–Trinajstić information content (AvgIpc) is 3.00. The van der Waals surface area contributed by atoms with Gasteiger partial charge in [0.05, 0.1) is 6.54 Å². The summed E-state index contributed by atoms with van der Waals surface area (Å²) in [5, 5.41) is 2.66.